The summed E-state index contributed by atoms with van der Waals surface area (Å²) in [4.78, 5) is 24.1. The van der Waals surface area contributed by atoms with E-state index in [1.165, 1.54) is 0 Å². The molecule has 1 saturated heterocycles. The number of nitrogens with one attached hydrogen (secondary N) is 3. The van der Waals surface area contributed by atoms with E-state index >= 15 is 0 Å². The third-order valence-corrected chi connectivity index (χ3v) is 3.35. The highest BCUT2D eigenvalue weighted by atomic mass is 16.2. The van der Waals surface area contributed by atoms with E-state index in [0.29, 0.717) is 0 Å². The van der Waals surface area contributed by atoms with Crippen LogP contribution in [0.2, 0.25) is 0 Å². The molecule has 2 amide bonds. The summed E-state index contributed by atoms with van der Waals surface area (Å²) >= 11 is 0. The lowest BCUT2D eigenvalue weighted by molar-refractivity contribution is -0.132. The first-order valence-corrected chi connectivity index (χ1v) is 7.06. The molecule has 1 rings (SSSR count). The van der Waals surface area contributed by atoms with Crippen LogP contribution in [0.3, 0.4) is 0 Å². The molecule has 110 valence electrons. The second-order valence-electron chi connectivity index (χ2n) is 6.46. The van der Waals surface area contributed by atoms with E-state index in [9.17, 15) is 9.59 Å². The molecule has 1 aliphatic heterocycles. The maximum absolute atomic E-state index is 12.2. The molecule has 3 atom stereocenters. The molecule has 0 bridgehead atoms. The predicted octanol–water partition coefficient (Wildman–Crippen LogP) is 0.794. The minimum Gasteiger partial charge on any atom is -0.350 e. The van der Waals surface area contributed by atoms with Gasteiger partial charge in [0.1, 0.15) is 6.04 Å². The summed E-state index contributed by atoms with van der Waals surface area (Å²) in [5.41, 5.74) is -0.282. The average molecular weight is 269 g/mol. The summed E-state index contributed by atoms with van der Waals surface area (Å²) < 4.78 is 0. The monoisotopic (exact) mass is 269 g/mol. The van der Waals surface area contributed by atoms with Crippen LogP contribution in [0.4, 0.5) is 0 Å². The Hall–Kier alpha value is -1.10. The fraction of sp³-hybridized carbons (Fsp3) is 0.857. The number of piperidine rings is 1. The highest BCUT2D eigenvalue weighted by Crippen LogP contribution is 2.16. The molecule has 5 nitrogen and oxygen atoms in total. The van der Waals surface area contributed by atoms with Crippen LogP contribution in [0.1, 0.15) is 47.5 Å². The van der Waals surface area contributed by atoms with Crippen LogP contribution < -0.4 is 16.0 Å². The minimum absolute atomic E-state index is 0.0312. The van der Waals surface area contributed by atoms with Crippen molar-refractivity contribution < 1.29 is 9.59 Å². The third kappa shape index (κ3) is 5.19. The maximum Gasteiger partial charge on any atom is 0.242 e. The fourth-order valence-electron chi connectivity index (χ4n) is 2.27. The molecule has 19 heavy (non-hydrogen) atoms. The van der Waals surface area contributed by atoms with Crippen molar-refractivity contribution in [1.82, 2.24) is 16.0 Å². The quantitative estimate of drug-likeness (QED) is 0.709. The smallest absolute Gasteiger partial charge is 0.242 e. The van der Waals surface area contributed by atoms with Gasteiger partial charge in [-0.3, -0.25) is 9.59 Å². The van der Waals surface area contributed by atoms with Crippen LogP contribution >= 0.6 is 0 Å². The molecule has 0 aliphatic carbocycles. The van der Waals surface area contributed by atoms with Crippen molar-refractivity contribution in [2.75, 3.05) is 6.54 Å². The van der Waals surface area contributed by atoms with Gasteiger partial charge in [-0.1, -0.05) is 0 Å². The number of hydrogen-bond acceptors (Lipinski definition) is 3. The largest absolute Gasteiger partial charge is 0.350 e. The number of rotatable bonds is 3. The zero-order chi connectivity index (χ0) is 14.6. The standard InChI is InChI=1S/C14H27N3O2/c1-9-11(7-6-8-15-9)13(19)16-10(2)12(18)17-14(3,4)5/h9-11,15H,6-8H2,1-5H3,(H,16,19)(H,17,18). The second-order valence-corrected chi connectivity index (χ2v) is 6.46. The van der Waals surface area contributed by atoms with Crippen LogP contribution in [-0.4, -0.2) is 36.0 Å². The van der Waals surface area contributed by atoms with Crippen LogP contribution in [0.15, 0.2) is 0 Å². The SMILES string of the molecule is CC(NC(=O)C1CCCNC1C)C(=O)NC(C)(C)C. The summed E-state index contributed by atoms with van der Waals surface area (Å²) in [6.45, 7) is 10.5. The number of carbonyl (C=O) groups is 2. The first-order valence-electron chi connectivity index (χ1n) is 7.06. The van der Waals surface area contributed by atoms with Gasteiger partial charge in [-0.25, -0.2) is 0 Å². The molecular formula is C14H27N3O2. The van der Waals surface area contributed by atoms with E-state index < -0.39 is 6.04 Å². The fourth-order valence-corrected chi connectivity index (χ4v) is 2.27. The molecule has 0 aromatic rings. The first-order chi connectivity index (χ1) is 8.70. The van der Waals surface area contributed by atoms with Crippen molar-refractivity contribution in [2.45, 2.75) is 65.1 Å². The Bertz CT molecular complexity index is 336. The number of hydrogen-bond donors (Lipinski definition) is 3. The molecule has 0 radical (unpaired) electrons. The van der Waals surface area contributed by atoms with Crippen molar-refractivity contribution in [1.29, 1.82) is 0 Å². The average Bonchev–Trinajstić information content (AvgIpc) is 2.27. The molecule has 1 aliphatic rings. The zero-order valence-corrected chi connectivity index (χ0v) is 12.7. The van der Waals surface area contributed by atoms with Gasteiger partial charge in [0, 0.05) is 11.6 Å². The topological polar surface area (TPSA) is 70.2 Å². The molecule has 1 heterocycles. The van der Waals surface area contributed by atoms with Crippen LogP contribution in [0.5, 0.6) is 0 Å². The lowest BCUT2D eigenvalue weighted by Gasteiger charge is -2.30. The maximum atomic E-state index is 12.2. The predicted molar refractivity (Wildman–Crippen MR) is 75.7 cm³/mol. The Morgan fingerprint density at radius 2 is 1.95 bits per heavy atom. The summed E-state index contributed by atoms with van der Waals surface area (Å²) in [6.07, 6.45) is 1.89. The van der Waals surface area contributed by atoms with Crippen molar-refractivity contribution >= 4 is 11.8 Å². The second kappa shape index (κ2) is 6.37. The van der Waals surface area contributed by atoms with Gasteiger partial charge in [-0.2, -0.15) is 0 Å². The lowest BCUT2D eigenvalue weighted by Crippen LogP contribution is -2.54. The van der Waals surface area contributed by atoms with Crippen molar-refractivity contribution in [3.05, 3.63) is 0 Å². The summed E-state index contributed by atoms with van der Waals surface area (Å²) in [7, 11) is 0. The number of amides is 2. The van der Waals surface area contributed by atoms with E-state index in [1.54, 1.807) is 6.92 Å². The van der Waals surface area contributed by atoms with Crippen LogP contribution in [0.25, 0.3) is 0 Å². The molecule has 0 aromatic carbocycles. The van der Waals surface area contributed by atoms with E-state index in [1.807, 2.05) is 27.7 Å². The minimum atomic E-state index is -0.499. The molecule has 1 fully saturated rings. The van der Waals surface area contributed by atoms with Gasteiger partial charge < -0.3 is 16.0 Å². The Labute approximate surface area is 115 Å². The molecule has 0 spiro atoms. The van der Waals surface area contributed by atoms with Crippen LogP contribution in [0, 0.1) is 5.92 Å². The molecule has 5 heteroatoms. The summed E-state index contributed by atoms with van der Waals surface area (Å²) in [5.74, 6) is -0.216. The zero-order valence-electron chi connectivity index (χ0n) is 12.7. The van der Waals surface area contributed by atoms with Crippen LogP contribution in [-0.2, 0) is 9.59 Å². The van der Waals surface area contributed by atoms with Gasteiger partial charge in [-0.15, -0.1) is 0 Å². The first kappa shape index (κ1) is 16.0. The molecule has 3 N–H and O–H groups in total. The van der Waals surface area contributed by atoms with Crippen molar-refractivity contribution in [3.63, 3.8) is 0 Å². The van der Waals surface area contributed by atoms with Gasteiger partial charge in [0.2, 0.25) is 11.8 Å². The van der Waals surface area contributed by atoms with Gasteiger partial charge in [0.05, 0.1) is 5.92 Å². The third-order valence-electron chi connectivity index (χ3n) is 3.35. The Morgan fingerprint density at radius 1 is 1.32 bits per heavy atom. The Morgan fingerprint density at radius 3 is 2.47 bits per heavy atom. The van der Waals surface area contributed by atoms with Gasteiger partial charge >= 0.3 is 0 Å². The molecule has 0 aromatic heterocycles. The summed E-state index contributed by atoms with van der Waals surface area (Å²) in [5, 5.41) is 8.97. The van der Waals surface area contributed by atoms with Gasteiger partial charge in [0.15, 0.2) is 0 Å². The van der Waals surface area contributed by atoms with Crippen molar-refractivity contribution in [3.8, 4) is 0 Å². The van der Waals surface area contributed by atoms with Gasteiger partial charge in [-0.05, 0) is 54.0 Å². The molecular weight excluding hydrogens is 242 g/mol. The van der Waals surface area contributed by atoms with E-state index in [2.05, 4.69) is 16.0 Å². The highest BCUT2D eigenvalue weighted by molar-refractivity contribution is 5.88. The summed E-state index contributed by atoms with van der Waals surface area (Å²) in [6, 6.07) is -0.326. The van der Waals surface area contributed by atoms with E-state index in [4.69, 9.17) is 0 Å². The number of carbonyl (C=O) groups excluding carboxylic acids is 2. The molecule has 3 unspecified atom stereocenters. The molecule has 0 saturated carbocycles. The Kier molecular flexibility index (Phi) is 5.35. The van der Waals surface area contributed by atoms with E-state index in [0.717, 1.165) is 19.4 Å². The van der Waals surface area contributed by atoms with Crippen molar-refractivity contribution in [2.24, 2.45) is 5.92 Å². The Balaban J connectivity index is 2.49. The van der Waals surface area contributed by atoms with Gasteiger partial charge in [0.25, 0.3) is 0 Å². The normalized spacial score (nSPS) is 25.5. The lowest BCUT2D eigenvalue weighted by atomic mass is 9.91. The highest BCUT2D eigenvalue weighted by Gasteiger charge is 2.29. The van der Waals surface area contributed by atoms with E-state index in [-0.39, 0.29) is 29.3 Å².